The van der Waals surface area contributed by atoms with Crippen LogP contribution in [0.4, 0.5) is 0 Å². The summed E-state index contributed by atoms with van der Waals surface area (Å²) < 4.78 is 25.5. The highest BCUT2D eigenvalue weighted by Crippen LogP contribution is 2.24. The number of fused-ring (bicyclic) bond motifs is 1. The van der Waals surface area contributed by atoms with Crippen LogP contribution >= 0.6 is 0 Å². The number of sulfone groups is 1. The van der Waals surface area contributed by atoms with Gasteiger partial charge in [-0.2, -0.15) is 0 Å². The SMILES string of the molecule is O=S1(=O)CCCC(Cc2cn3c(n2)CCC(CO)C3)C1. The second kappa shape index (κ2) is 5.48. The van der Waals surface area contributed by atoms with Crippen molar-refractivity contribution in [2.24, 2.45) is 11.8 Å². The zero-order valence-corrected chi connectivity index (χ0v) is 12.5. The summed E-state index contributed by atoms with van der Waals surface area (Å²) in [6.45, 7) is 1.07. The van der Waals surface area contributed by atoms with E-state index in [0.29, 0.717) is 17.4 Å². The van der Waals surface area contributed by atoms with Crippen LogP contribution in [-0.4, -0.2) is 41.2 Å². The Bertz CT molecular complexity index is 579. The minimum Gasteiger partial charge on any atom is -0.396 e. The van der Waals surface area contributed by atoms with Crippen molar-refractivity contribution in [3.8, 4) is 0 Å². The van der Waals surface area contributed by atoms with E-state index in [9.17, 15) is 13.5 Å². The predicted molar refractivity (Wildman–Crippen MR) is 76.2 cm³/mol. The lowest BCUT2D eigenvalue weighted by Crippen LogP contribution is -2.26. The summed E-state index contributed by atoms with van der Waals surface area (Å²) in [6, 6.07) is 0. The Kier molecular flexibility index (Phi) is 3.86. The van der Waals surface area contributed by atoms with Crippen LogP contribution in [-0.2, 0) is 29.2 Å². The van der Waals surface area contributed by atoms with E-state index < -0.39 is 9.84 Å². The molecule has 2 aliphatic heterocycles. The molecule has 0 radical (unpaired) electrons. The van der Waals surface area contributed by atoms with E-state index in [4.69, 9.17) is 0 Å². The fraction of sp³-hybridized carbons (Fsp3) is 0.786. The fourth-order valence-corrected chi connectivity index (χ4v) is 5.17. The topological polar surface area (TPSA) is 72.2 Å². The summed E-state index contributed by atoms with van der Waals surface area (Å²) in [5.41, 5.74) is 1.01. The van der Waals surface area contributed by atoms with E-state index in [0.717, 1.165) is 50.2 Å². The number of imidazole rings is 1. The zero-order chi connectivity index (χ0) is 14.2. The summed E-state index contributed by atoms with van der Waals surface area (Å²) >= 11 is 0. The van der Waals surface area contributed by atoms with Gasteiger partial charge in [-0.3, -0.25) is 0 Å². The molecule has 6 heteroatoms. The normalized spacial score (nSPS) is 29.1. The number of aryl methyl sites for hydroxylation is 1. The van der Waals surface area contributed by atoms with Gasteiger partial charge in [-0.05, 0) is 31.6 Å². The summed E-state index contributed by atoms with van der Waals surface area (Å²) in [6.07, 6.45) is 6.49. The summed E-state index contributed by atoms with van der Waals surface area (Å²) in [4.78, 5) is 4.65. The maximum absolute atomic E-state index is 11.7. The van der Waals surface area contributed by atoms with E-state index >= 15 is 0 Å². The van der Waals surface area contributed by atoms with E-state index in [2.05, 4.69) is 15.7 Å². The molecule has 1 aromatic rings. The van der Waals surface area contributed by atoms with Crippen LogP contribution in [0, 0.1) is 11.8 Å². The molecule has 2 aliphatic rings. The van der Waals surface area contributed by atoms with E-state index in [1.165, 1.54) is 0 Å². The van der Waals surface area contributed by atoms with Gasteiger partial charge < -0.3 is 9.67 Å². The molecule has 1 saturated heterocycles. The highest BCUT2D eigenvalue weighted by Gasteiger charge is 2.26. The minimum absolute atomic E-state index is 0.222. The highest BCUT2D eigenvalue weighted by atomic mass is 32.2. The van der Waals surface area contributed by atoms with Gasteiger partial charge in [0.05, 0.1) is 17.2 Å². The first-order chi connectivity index (χ1) is 9.55. The van der Waals surface area contributed by atoms with Crippen molar-refractivity contribution in [2.45, 2.75) is 38.6 Å². The third-order valence-corrected chi connectivity index (χ3v) is 6.34. The molecule has 112 valence electrons. The smallest absolute Gasteiger partial charge is 0.150 e. The second-order valence-electron chi connectivity index (χ2n) is 6.21. The fourth-order valence-electron chi connectivity index (χ4n) is 3.40. The highest BCUT2D eigenvalue weighted by molar-refractivity contribution is 7.91. The largest absolute Gasteiger partial charge is 0.396 e. The molecule has 3 rings (SSSR count). The summed E-state index contributed by atoms with van der Waals surface area (Å²) in [7, 11) is -2.83. The van der Waals surface area contributed by atoms with Crippen LogP contribution in [0.3, 0.4) is 0 Å². The molecule has 3 heterocycles. The van der Waals surface area contributed by atoms with Crippen LogP contribution in [0.25, 0.3) is 0 Å². The molecule has 0 bridgehead atoms. The standard InChI is InChI=1S/C14H22N2O3S/c17-9-12-3-4-14-15-13(8-16(14)7-12)6-11-2-1-5-20(18,19)10-11/h8,11-12,17H,1-7,9-10H2. The molecule has 1 aromatic heterocycles. The Balaban J connectivity index is 1.68. The van der Waals surface area contributed by atoms with Gasteiger partial charge in [0.1, 0.15) is 5.82 Å². The van der Waals surface area contributed by atoms with Crippen molar-refractivity contribution in [1.82, 2.24) is 9.55 Å². The molecule has 1 fully saturated rings. The number of aromatic nitrogens is 2. The average molecular weight is 298 g/mol. The van der Waals surface area contributed by atoms with Crippen molar-refractivity contribution >= 4 is 9.84 Å². The predicted octanol–water partition coefficient (Wildman–Crippen LogP) is 0.805. The molecular weight excluding hydrogens is 276 g/mol. The van der Waals surface area contributed by atoms with Crippen molar-refractivity contribution in [1.29, 1.82) is 0 Å². The Morgan fingerprint density at radius 3 is 2.95 bits per heavy atom. The number of aliphatic hydroxyl groups is 1. The van der Waals surface area contributed by atoms with E-state index in [-0.39, 0.29) is 12.5 Å². The first-order valence-corrected chi connectivity index (χ1v) is 9.24. The monoisotopic (exact) mass is 298 g/mol. The van der Waals surface area contributed by atoms with Crippen molar-refractivity contribution in [2.75, 3.05) is 18.1 Å². The quantitative estimate of drug-likeness (QED) is 0.896. The van der Waals surface area contributed by atoms with Gasteiger partial charge in [0.15, 0.2) is 9.84 Å². The number of aliphatic hydroxyl groups excluding tert-OH is 1. The molecule has 0 saturated carbocycles. The molecular formula is C14H22N2O3S. The summed E-state index contributed by atoms with van der Waals surface area (Å²) in [5.74, 6) is 2.30. The summed E-state index contributed by atoms with van der Waals surface area (Å²) in [5, 5.41) is 9.24. The first kappa shape index (κ1) is 14.1. The third kappa shape index (κ3) is 3.06. The van der Waals surface area contributed by atoms with Gasteiger partial charge in [-0.25, -0.2) is 13.4 Å². The third-order valence-electron chi connectivity index (χ3n) is 4.45. The molecule has 5 nitrogen and oxygen atoms in total. The van der Waals surface area contributed by atoms with E-state index in [1.807, 2.05) is 0 Å². The minimum atomic E-state index is -2.83. The van der Waals surface area contributed by atoms with Crippen molar-refractivity contribution in [3.05, 3.63) is 17.7 Å². The van der Waals surface area contributed by atoms with Crippen LogP contribution in [0.1, 0.15) is 30.8 Å². The Hall–Kier alpha value is -0.880. The number of hydrogen-bond donors (Lipinski definition) is 1. The molecule has 0 aliphatic carbocycles. The molecule has 0 amide bonds. The van der Waals surface area contributed by atoms with Gasteiger partial charge in [0.2, 0.25) is 0 Å². The Labute approximate surface area is 119 Å². The molecule has 0 aromatic carbocycles. The Morgan fingerprint density at radius 2 is 2.20 bits per heavy atom. The second-order valence-corrected chi connectivity index (χ2v) is 8.44. The maximum Gasteiger partial charge on any atom is 0.150 e. The van der Waals surface area contributed by atoms with Crippen molar-refractivity contribution in [3.63, 3.8) is 0 Å². The van der Waals surface area contributed by atoms with Crippen LogP contribution in [0.15, 0.2) is 6.20 Å². The number of hydrogen-bond acceptors (Lipinski definition) is 4. The van der Waals surface area contributed by atoms with Crippen molar-refractivity contribution < 1.29 is 13.5 Å². The van der Waals surface area contributed by atoms with Gasteiger partial charge in [0, 0.05) is 31.7 Å². The maximum atomic E-state index is 11.7. The molecule has 2 unspecified atom stereocenters. The Morgan fingerprint density at radius 1 is 1.35 bits per heavy atom. The zero-order valence-electron chi connectivity index (χ0n) is 11.7. The lowest BCUT2D eigenvalue weighted by Gasteiger charge is -2.21. The average Bonchev–Trinajstić information content (AvgIpc) is 2.78. The molecule has 1 N–H and O–H groups in total. The molecule has 0 spiro atoms. The van der Waals surface area contributed by atoms with E-state index in [1.54, 1.807) is 0 Å². The number of rotatable bonds is 3. The van der Waals surface area contributed by atoms with Crippen LogP contribution in [0.2, 0.25) is 0 Å². The van der Waals surface area contributed by atoms with Gasteiger partial charge in [-0.1, -0.05) is 0 Å². The van der Waals surface area contributed by atoms with Crippen LogP contribution in [0.5, 0.6) is 0 Å². The van der Waals surface area contributed by atoms with Crippen LogP contribution < -0.4 is 0 Å². The lowest BCUT2D eigenvalue weighted by molar-refractivity contribution is 0.190. The lowest BCUT2D eigenvalue weighted by atomic mass is 10.00. The van der Waals surface area contributed by atoms with Gasteiger partial charge in [-0.15, -0.1) is 0 Å². The molecule has 20 heavy (non-hydrogen) atoms. The first-order valence-electron chi connectivity index (χ1n) is 7.42. The molecule has 2 atom stereocenters. The van der Waals surface area contributed by atoms with Gasteiger partial charge in [0.25, 0.3) is 0 Å². The number of nitrogens with zero attached hydrogens (tertiary/aromatic N) is 2. The van der Waals surface area contributed by atoms with Gasteiger partial charge >= 0.3 is 0 Å².